The highest BCUT2D eigenvalue weighted by Crippen LogP contribution is 2.19. The van der Waals surface area contributed by atoms with Crippen molar-refractivity contribution in [2.45, 2.75) is 11.4 Å². The van der Waals surface area contributed by atoms with Crippen LogP contribution < -0.4 is 4.72 Å². The van der Waals surface area contributed by atoms with Gasteiger partial charge in [-0.3, -0.25) is 4.68 Å². The molecule has 0 atom stereocenters. The number of sulfonamides is 1. The van der Waals surface area contributed by atoms with Gasteiger partial charge in [0.2, 0.25) is 10.0 Å². The third-order valence-corrected chi connectivity index (χ3v) is 4.61. The van der Waals surface area contributed by atoms with Crippen LogP contribution in [0.2, 0.25) is 0 Å². The Morgan fingerprint density at radius 3 is 2.74 bits per heavy atom. The van der Waals surface area contributed by atoms with E-state index in [1.165, 1.54) is 12.1 Å². The second-order valence-corrected chi connectivity index (χ2v) is 6.47. The third kappa shape index (κ3) is 3.20. The van der Waals surface area contributed by atoms with E-state index in [9.17, 15) is 12.8 Å². The summed E-state index contributed by atoms with van der Waals surface area (Å²) in [4.78, 5) is -0.115. The van der Waals surface area contributed by atoms with Gasteiger partial charge in [-0.1, -0.05) is 0 Å². The number of rotatable bonds is 4. The van der Waals surface area contributed by atoms with Gasteiger partial charge >= 0.3 is 0 Å². The van der Waals surface area contributed by atoms with E-state index in [-0.39, 0.29) is 15.9 Å². The zero-order valence-corrected chi connectivity index (χ0v) is 12.4. The van der Waals surface area contributed by atoms with E-state index >= 15 is 0 Å². The first kappa shape index (κ1) is 14.2. The van der Waals surface area contributed by atoms with E-state index in [1.807, 2.05) is 0 Å². The van der Waals surface area contributed by atoms with Crippen molar-refractivity contribution in [2.24, 2.45) is 7.05 Å². The van der Waals surface area contributed by atoms with E-state index in [4.69, 9.17) is 0 Å². The molecule has 0 radical (unpaired) electrons. The first-order chi connectivity index (χ1) is 8.90. The standard InChI is InChI=1S/C11H11BrFN3O2S/c1-16-8(4-5-14-16)7-15-19(17,18)9-2-3-10(12)11(13)6-9/h2-6,15H,7H2,1H3. The van der Waals surface area contributed by atoms with E-state index in [1.54, 1.807) is 24.0 Å². The molecule has 2 aromatic rings. The summed E-state index contributed by atoms with van der Waals surface area (Å²) in [5, 5.41) is 3.93. The zero-order chi connectivity index (χ0) is 14.0. The summed E-state index contributed by atoms with van der Waals surface area (Å²) >= 11 is 2.97. The molecule has 0 aliphatic rings. The van der Waals surface area contributed by atoms with Crippen LogP contribution in [0, 0.1) is 5.82 Å². The van der Waals surface area contributed by atoms with Crippen LogP contribution >= 0.6 is 15.9 Å². The average molecular weight is 348 g/mol. The fourth-order valence-electron chi connectivity index (χ4n) is 1.47. The summed E-state index contributed by atoms with van der Waals surface area (Å²) in [5.74, 6) is -0.622. The molecule has 19 heavy (non-hydrogen) atoms. The lowest BCUT2D eigenvalue weighted by Crippen LogP contribution is -2.24. The maximum absolute atomic E-state index is 13.3. The van der Waals surface area contributed by atoms with Crippen molar-refractivity contribution in [2.75, 3.05) is 0 Å². The van der Waals surface area contributed by atoms with E-state index in [0.29, 0.717) is 5.69 Å². The van der Waals surface area contributed by atoms with Crippen molar-refractivity contribution < 1.29 is 12.8 Å². The summed E-state index contributed by atoms with van der Waals surface area (Å²) in [7, 11) is -2.03. The van der Waals surface area contributed by atoms with Crippen molar-refractivity contribution in [1.82, 2.24) is 14.5 Å². The Balaban J connectivity index is 2.18. The van der Waals surface area contributed by atoms with Gasteiger partial charge < -0.3 is 0 Å². The maximum atomic E-state index is 13.3. The molecule has 1 N–H and O–H groups in total. The predicted molar refractivity (Wildman–Crippen MR) is 71.3 cm³/mol. The van der Waals surface area contributed by atoms with Gasteiger partial charge in [-0.15, -0.1) is 0 Å². The molecule has 0 aliphatic carbocycles. The van der Waals surface area contributed by atoms with Crippen molar-refractivity contribution in [3.63, 3.8) is 0 Å². The second kappa shape index (κ2) is 5.40. The molecule has 8 heteroatoms. The van der Waals surface area contributed by atoms with Crippen molar-refractivity contribution in [3.05, 3.63) is 46.4 Å². The first-order valence-electron chi connectivity index (χ1n) is 5.32. The van der Waals surface area contributed by atoms with Gasteiger partial charge in [0.15, 0.2) is 0 Å². The molecule has 1 aromatic carbocycles. The zero-order valence-electron chi connectivity index (χ0n) is 9.97. The van der Waals surface area contributed by atoms with Gasteiger partial charge in [0.1, 0.15) is 5.82 Å². The number of halogens is 2. The number of nitrogens with one attached hydrogen (secondary N) is 1. The lowest BCUT2D eigenvalue weighted by atomic mass is 10.3. The van der Waals surface area contributed by atoms with Crippen LogP contribution in [0.4, 0.5) is 4.39 Å². The molecule has 2 rings (SSSR count). The minimum absolute atomic E-state index is 0.0938. The molecule has 0 fully saturated rings. The van der Waals surface area contributed by atoms with Crippen LogP contribution in [-0.2, 0) is 23.6 Å². The summed E-state index contributed by atoms with van der Waals surface area (Å²) in [5.41, 5.74) is 0.709. The smallest absolute Gasteiger partial charge is 0.241 e. The predicted octanol–water partition coefficient (Wildman–Crippen LogP) is 1.80. The van der Waals surface area contributed by atoms with E-state index < -0.39 is 15.8 Å². The Morgan fingerprint density at radius 2 is 2.16 bits per heavy atom. The minimum Gasteiger partial charge on any atom is -0.271 e. The number of aryl methyl sites for hydroxylation is 1. The second-order valence-electron chi connectivity index (χ2n) is 3.85. The number of aromatic nitrogens is 2. The molecule has 0 unspecified atom stereocenters. The number of hydrogen-bond acceptors (Lipinski definition) is 3. The van der Waals surface area contributed by atoms with Gasteiger partial charge in [-0.05, 0) is 40.2 Å². The Bertz CT molecular complexity index is 700. The minimum atomic E-state index is -3.74. The highest BCUT2D eigenvalue weighted by atomic mass is 79.9. The quantitative estimate of drug-likeness (QED) is 0.917. The van der Waals surface area contributed by atoms with Gasteiger partial charge in [0.05, 0.1) is 21.6 Å². The normalized spacial score (nSPS) is 11.7. The lowest BCUT2D eigenvalue weighted by molar-refractivity contribution is 0.573. The Hall–Kier alpha value is -1.25. The number of benzene rings is 1. The van der Waals surface area contributed by atoms with Crippen LogP contribution in [0.15, 0.2) is 39.8 Å². The highest BCUT2D eigenvalue weighted by Gasteiger charge is 2.16. The molecule has 0 aliphatic heterocycles. The molecular weight excluding hydrogens is 337 g/mol. The van der Waals surface area contributed by atoms with Gasteiger partial charge in [0.25, 0.3) is 0 Å². The molecule has 0 saturated heterocycles. The van der Waals surface area contributed by atoms with Crippen LogP contribution in [0.1, 0.15) is 5.69 Å². The number of nitrogens with zero attached hydrogens (tertiary/aromatic N) is 2. The molecular formula is C11H11BrFN3O2S. The molecule has 5 nitrogen and oxygen atoms in total. The summed E-state index contributed by atoms with van der Waals surface area (Å²) in [6, 6.07) is 5.35. The van der Waals surface area contributed by atoms with Crippen LogP contribution in [-0.4, -0.2) is 18.2 Å². The Morgan fingerprint density at radius 1 is 1.42 bits per heavy atom. The topological polar surface area (TPSA) is 64.0 Å². The first-order valence-corrected chi connectivity index (χ1v) is 7.59. The Kier molecular flexibility index (Phi) is 4.02. The molecule has 0 amide bonds. The molecule has 102 valence electrons. The van der Waals surface area contributed by atoms with E-state index in [0.717, 1.165) is 6.07 Å². The monoisotopic (exact) mass is 347 g/mol. The Labute approximate surface area is 118 Å². The van der Waals surface area contributed by atoms with Gasteiger partial charge in [-0.2, -0.15) is 5.10 Å². The largest absolute Gasteiger partial charge is 0.271 e. The molecule has 1 aromatic heterocycles. The third-order valence-electron chi connectivity index (χ3n) is 2.57. The van der Waals surface area contributed by atoms with Crippen LogP contribution in [0.5, 0.6) is 0 Å². The maximum Gasteiger partial charge on any atom is 0.241 e. The van der Waals surface area contributed by atoms with Crippen molar-refractivity contribution in [1.29, 1.82) is 0 Å². The highest BCUT2D eigenvalue weighted by molar-refractivity contribution is 9.10. The average Bonchev–Trinajstić information content (AvgIpc) is 2.76. The van der Waals surface area contributed by atoms with Crippen LogP contribution in [0.25, 0.3) is 0 Å². The molecule has 1 heterocycles. The van der Waals surface area contributed by atoms with Crippen molar-refractivity contribution >= 4 is 26.0 Å². The van der Waals surface area contributed by atoms with Gasteiger partial charge in [0, 0.05) is 13.2 Å². The summed E-state index contributed by atoms with van der Waals surface area (Å²) in [6.45, 7) is 0.0938. The molecule has 0 bridgehead atoms. The fraction of sp³-hybridized carbons (Fsp3) is 0.182. The number of hydrogen-bond donors (Lipinski definition) is 1. The summed E-state index contributed by atoms with van der Waals surface area (Å²) < 4.78 is 41.5. The summed E-state index contributed by atoms with van der Waals surface area (Å²) in [6.07, 6.45) is 1.57. The van der Waals surface area contributed by atoms with Crippen molar-refractivity contribution in [3.8, 4) is 0 Å². The molecule has 0 saturated carbocycles. The van der Waals surface area contributed by atoms with Gasteiger partial charge in [-0.25, -0.2) is 17.5 Å². The van der Waals surface area contributed by atoms with E-state index in [2.05, 4.69) is 25.8 Å². The fourth-order valence-corrected chi connectivity index (χ4v) is 2.73. The lowest BCUT2D eigenvalue weighted by Gasteiger charge is -2.07. The SMILES string of the molecule is Cn1nccc1CNS(=O)(=O)c1ccc(Br)c(F)c1. The van der Waals surface area contributed by atoms with Crippen LogP contribution in [0.3, 0.4) is 0 Å². The molecule has 0 spiro atoms.